The monoisotopic (exact) mass is 1790 g/mol. The molecule has 5 aliphatic carbocycles. The molecule has 126 heavy (non-hydrogen) atoms. The number of fused-ring (bicyclic) bond motifs is 12. The van der Waals surface area contributed by atoms with Gasteiger partial charge in [0.25, 0.3) is 10.0 Å². The number of nitrogens with two attached hydrogens (primary N) is 1. The average molecular weight is 1790 g/mol. The Labute approximate surface area is 728 Å². The lowest BCUT2D eigenvalue weighted by Crippen LogP contribution is -2.64. The van der Waals surface area contributed by atoms with Crippen LogP contribution in [0.2, 0.25) is 5.02 Å². The van der Waals surface area contributed by atoms with Crippen molar-refractivity contribution >= 4 is 68.9 Å². The van der Waals surface area contributed by atoms with Gasteiger partial charge in [-0.15, -0.1) is 0 Å². The molecular weight excluding hydrogens is 1680 g/mol. The van der Waals surface area contributed by atoms with Gasteiger partial charge < -0.3 is 133 Å². The molecule has 4 saturated carbocycles. The van der Waals surface area contributed by atoms with Crippen molar-refractivity contribution in [3.05, 3.63) is 153 Å². The molecule has 12 aliphatic rings. The van der Waals surface area contributed by atoms with Crippen LogP contribution < -0.4 is 77.3 Å². The Hall–Kier alpha value is -10.2. The summed E-state index contributed by atoms with van der Waals surface area (Å²) in [6.45, 7) is 8.84. The van der Waals surface area contributed by atoms with E-state index >= 15 is 28.8 Å². The number of aliphatic hydroxyl groups is 8. The number of ether oxygens (including phenoxy) is 7. The van der Waals surface area contributed by atoms with Gasteiger partial charge in [0, 0.05) is 35.7 Å². The summed E-state index contributed by atoms with van der Waals surface area (Å²) in [6.07, 6.45) is -14.6. The fourth-order valence-corrected chi connectivity index (χ4v) is 20.2. The van der Waals surface area contributed by atoms with Crippen molar-refractivity contribution < 1.29 is 126 Å². The van der Waals surface area contributed by atoms with Crippen molar-refractivity contribution in [2.45, 2.75) is 212 Å². The van der Waals surface area contributed by atoms with E-state index < -0.39 is 219 Å². The van der Waals surface area contributed by atoms with E-state index in [2.05, 4.69) is 47.9 Å². The minimum atomic E-state index is -4.92. The maximum Gasteiger partial charge on any atom is 0.264 e. The van der Waals surface area contributed by atoms with Gasteiger partial charge in [-0.25, -0.2) is 13.1 Å². The van der Waals surface area contributed by atoms with Crippen molar-refractivity contribution in [3.8, 4) is 51.4 Å². The largest absolute Gasteiger partial charge is 0.508 e. The van der Waals surface area contributed by atoms with Gasteiger partial charge in [0.05, 0.1) is 41.2 Å². The number of benzene rings is 6. The third kappa shape index (κ3) is 18.5. The standard InChI is InChI=1S/C87H104ClN11O26S/c1-7-91-20-21-119-48-14-16-50(17-15-48)126(117,118)99-62(102)34-57-79(109)94-67-46-30-59(75(125-85-76(74(106)73(105)61(36-100)123-85)124-63-35-86(5,89)77(107)38(4)120-63)60(31-46)122-58-19-11-43(29-55(58)88)72(104)70(83(113)92-57)97-78(108)56(90-6)22-37(2)3)121-49-12-8-41(9-13-49)71(103)69-84(114)96-68(82(112)93-65-44-24-39-23-40(26-44)27-45(65)25-39)52-32-47(101)33-54-64(52)51-28-42(10-18-53(51)87(54,115)116)66(80(110)98-69)95-81(67)111/h8-19,28-33,37-40,44-45,56-57,61,63,65-74,76-77,85,90-91,100-101,103-107,115-116H,7,20-27,34-36,89H2,1-6H3,(H,92,113)(H,93,112)(H,94,109)(H,95,111)(H,96,114)(H,97,108)(H,98,110)(H,99,102)/t38-,39?,40?,44?,45?,56+,57-,61+,63-,65?,66+,67+,68-,69-,70+,71+,72+,73+,74-,76+,77+,85-,86-/m0/s1. The fraction of sp³-hybridized carbons (Fsp3) is 0.494. The molecule has 7 heterocycles. The van der Waals surface area contributed by atoms with Gasteiger partial charge in [0.1, 0.15) is 96.4 Å². The number of phenols is 1. The first kappa shape index (κ1) is 90.5. The predicted molar refractivity (Wildman–Crippen MR) is 444 cm³/mol. The minimum absolute atomic E-state index is 0.0699. The highest BCUT2D eigenvalue weighted by Gasteiger charge is 2.54. The Morgan fingerprint density at radius 1 is 0.706 bits per heavy atom. The third-order valence-electron chi connectivity index (χ3n) is 25.2. The van der Waals surface area contributed by atoms with Crippen LogP contribution in [0.5, 0.6) is 40.2 Å². The lowest BCUT2D eigenvalue weighted by Gasteiger charge is -2.54. The van der Waals surface area contributed by atoms with Gasteiger partial charge in [0.2, 0.25) is 65.1 Å². The van der Waals surface area contributed by atoms with E-state index in [4.69, 9.17) is 50.5 Å². The molecule has 6 aromatic rings. The molecule has 0 spiro atoms. The zero-order valence-electron chi connectivity index (χ0n) is 69.5. The number of phenolic OH excluding ortho intramolecular Hbond substituents is 1. The Balaban J connectivity index is 0.914. The van der Waals surface area contributed by atoms with Crippen LogP contribution in [-0.4, -0.2) is 220 Å². The number of likely N-dealkylation sites (N-methyl/N-ethyl adjacent to an activating group) is 2. The van der Waals surface area contributed by atoms with E-state index in [0.717, 1.165) is 74.6 Å². The molecule has 6 aromatic carbocycles. The number of sulfonamides is 1. The Morgan fingerprint density at radius 2 is 1.37 bits per heavy atom. The van der Waals surface area contributed by atoms with Crippen LogP contribution in [0.3, 0.4) is 0 Å². The van der Waals surface area contributed by atoms with E-state index in [0.29, 0.717) is 24.9 Å². The highest BCUT2D eigenvalue weighted by molar-refractivity contribution is 7.90. The van der Waals surface area contributed by atoms with Crippen molar-refractivity contribution in [2.75, 3.05) is 33.4 Å². The zero-order chi connectivity index (χ0) is 90.0. The highest BCUT2D eigenvalue weighted by atomic mass is 35.5. The first-order chi connectivity index (χ1) is 59.9. The topological polar surface area (TPSA) is 564 Å². The summed E-state index contributed by atoms with van der Waals surface area (Å²) >= 11 is 7.22. The molecule has 18 atom stereocenters. The number of amides is 8. The number of nitrogens with one attached hydrogen (secondary N) is 10. The van der Waals surface area contributed by atoms with Crippen LogP contribution in [-0.2, 0) is 68.4 Å². The number of aromatic hydroxyl groups is 1. The molecule has 0 unspecified atom stereocenters. The number of hydrogen-bond donors (Lipinski definition) is 20. The first-order valence-corrected chi connectivity index (χ1v) is 43.9. The average Bonchev–Trinajstić information content (AvgIpc) is 1.55. The molecule has 15 bridgehead atoms. The number of carbonyl (C=O) groups excluding carboxylic acids is 8. The molecule has 7 aliphatic heterocycles. The van der Waals surface area contributed by atoms with Crippen LogP contribution in [0.15, 0.2) is 114 Å². The highest BCUT2D eigenvalue weighted by Crippen LogP contribution is 2.56. The molecule has 18 rings (SSSR count). The molecule has 6 fully saturated rings. The third-order valence-corrected chi connectivity index (χ3v) is 26.9. The number of halogens is 1. The van der Waals surface area contributed by atoms with Crippen LogP contribution in [0, 0.1) is 29.6 Å². The Morgan fingerprint density at radius 3 is 2.02 bits per heavy atom. The van der Waals surface area contributed by atoms with E-state index in [1.54, 1.807) is 0 Å². The summed E-state index contributed by atoms with van der Waals surface area (Å²) in [5.74, 6) is -14.9. The number of aliphatic hydroxyl groups excluding tert-OH is 6. The smallest absolute Gasteiger partial charge is 0.264 e. The molecule has 37 nitrogen and oxygen atoms in total. The van der Waals surface area contributed by atoms with Gasteiger partial charge in [-0.3, -0.25) is 38.4 Å². The lowest BCUT2D eigenvalue weighted by atomic mass is 9.54. The van der Waals surface area contributed by atoms with Crippen molar-refractivity contribution in [2.24, 2.45) is 35.3 Å². The maximum absolute atomic E-state index is 16.7. The molecular formula is C87H104ClN11O26S. The summed E-state index contributed by atoms with van der Waals surface area (Å²) < 4.78 is 75.4. The molecule has 21 N–H and O–H groups in total. The van der Waals surface area contributed by atoms with E-state index in [1.807, 2.05) is 25.5 Å². The second kappa shape index (κ2) is 36.5. The first-order valence-electron chi connectivity index (χ1n) is 42.0. The Kier molecular flexibility index (Phi) is 26.2. The molecule has 0 radical (unpaired) electrons. The molecule has 8 amide bonds. The molecule has 0 aromatic heterocycles. The van der Waals surface area contributed by atoms with Gasteiger partial charge in [-0.2, -0.15) is 0 Å². The van der Waals surface area contributed by atoms with Crippen LogP contribution >= 0.6 is 11.6 Å². The van der Waals surface area contributed by atoms with Crippen LogP contribution in [0.1, 0.15) is 155 Å². The quantitative estimate of drug-likeness (QED) is 0.0358. The summed E-state index contributed by atoms with van der Waals surface area (Å²) in [6, 6.07) is 6.81. The van der Waals surface area contributed by atoms with E-state index in [-0.39, 0.29) is 110 Å². The fourth-order valence-electron chi connectivity index (χ4n) is 19.0. The maximum atomic E-state index is 16.7. The zero-order valence-corrected chi connectivity index (χ0v) is 71.1. The second-order valence-electron chi connectivity index (χ2n) is 34.7. The van der Waals surface area contributed by atoms with Crippen molar-refractivity contribution in [3.63, 3.8) is 0 Å². The molecule has 2 saturated heterocycles. The SMILES string of the molecule is CCNCCOc1ccc(S(=O)(=O)NC(=O)C[C@@H]2NC(=O)[C@H](NC(=O)[C@@H](CC(C)C)NC)[C@H](O)c3ccc(c(Cl)c3)Oc3cc4cc(c3O[C@@H]3O[C@H](CO)[C@@H](O)[C@H](O)[C@H]3O[C@H]3C[C@](C)(N)[C@H](O)[C@H](C)O3)Oc3ccc(cc3)[C@@H](O)[C@@H]3NC(=O)[C@H](NC(=O)[C@@H]4NC2=O)c2ccc4c(c2)-c2c(cc(O)cc2C4(O)O)[C@@H](C(=O)NC2C4CC5CC(C4)CC2C5)NC3=O)cc1. The number of carbonyl (C=O) groups is 8. The van der Waals surface area contributed by atoms with Crippen molar-refractivity contribution in [1.29, 1.82) is 0 Å². The van der Waals surface area contributed by atoms with E-state index in [1.165, 1.54) is 87.6 Å². The summed E-state index contributed by atoms with van der Waals surface area (Å²) in [7, 11) is -3.45. The number of rotatable bonds is 21. The molecule has 676 valence electrons. The minimum Gasteiger partial charge on any atom is -0.508 e. The van der Waals surface area contributed by atoms with Crippen LogP contribution in [0.4, 0.5) is 0 Å². The van der Waals surface area contributed by atoms with Gasteiger partial charge in [-0.05, 0) is 213 Å². The Bertz CT molecular complexity index is 5270. The normalized spacial score (nSPS) is 31.0. The van der Waals surface area contributed by atoms with Crippen molar-refractivity contribution in [1.82, 2.24) is 52.6 Å². The van der Waals surface area contributed by atoms with Crippen LogP contribution in [0.25, 0.3) is 11.1 Å². The molecule has 39 heteroatoms. The summed E-state index contributed by atoms with van der Waals surface area (Å²) in [5, 5.41) is 132. The predicted octanol–water partition coefficient (Wildman–Crippen LogP) is 1.41. The number of hydrogen-bond acceptors (Lipinski definition) is 29. The summed E-state index contributed by atoms with van der Waals surface area (Å²) in [4.78, 5) is 125. The van der Waals surface area contributed by atoms with Gasteiger partial charge >= 0.3 is 0 Å². The second-order valence-corrected chi connectivity index (χ2v) is 36.8. The lowest BCUT2D eigenvalue weighted by molar-refractivity contribution is -0.333. The van der Waals surface area contributed by atoms with Gasteiger partial charge in [-0.1, -0.05) is 62.7 Å². The van der Waals surface area contributed by atoms with Gasteiger partial charge in [0.15, 0.2) is 23.9 Å². The van der Waals surface area contributed by atoms with E-state index in [9.17, 15) is 64.0 Å². The summed E-state index contributed by atoms with van der Waals surface area (Å²) in [5.41, 5.74) is 3.04.